The molecule has 4 unspecified atom stereocenters. The second-order valence-electron chi connectivity index (χ2n) is 8.15. The SMILES string of the molecule is CC(C)CC(N)C(=O)NC(CC(C)C)C(=O)NC(C)C(=O)NC(CC(=O)O)C(=O)O. The van der Waals surface area contributed by atoms with Crippen LogP contribution in [-0.2, 0) is 24.0 Å². The Morgan fingerprint density at radius 3 is 1.67 bits per heavy atom. The van der Waals surface area contributed by atoms with Crippen molar-refractivity contribution in [2.24, 2.45) is 17.6 Å². The van der Waals surface area contributed by atoms with E-state index in [2.05, 4.69) is 16.0 Å². The Kier molecular flexibility index (Phi) is 11.6. The molecule has 0 aromatic heterocycles. The van der Waals surface area contributed by atoms with Gasteiger partial charge in [0, 0.05) is 0 Å². The first-order valence-electron chi connectivity index (χ1n) is 9.85. The van der Waals surface area contributed by atoms with Gasteiger partial charge in [-0.2, -0.15) is 0 Å². The highest BCUT2D eigenvalue weighted by Crippen LogP contribution is 2.08. The molecule has 0 aliphatic rings. The Hall–Kier alpha value is -2.69. The fraction of sp³-hybridized carbons (Fsp3) is 0.737. The van der Waals surface area contributed by atoms with Crippen molar-refractivity contribution in [3.8, 4) is 0 Å². The van der Waals surface area contributed by atoms with Crippen LogP contribution in [0, 0.1) is 11.8 Å². The van der Waals surface area contributed by atoms with Crippen LogP contribution in [0.15, 0.2) is 0 Å². The summed E-state index contributed by atoms with van der Waals surface area (Å²) in [5.74, 6) is -4.61. The van der Waals surface area contributed by atoms with Crippen molar-refractivity contribution in [3.05, 3.63) is 0 Å². The van der Waals surface area contributed by atoms with E-state index in [1.807, 2.05) is 27.7 Å². The highest BCUT2D eigenvalue weighted by Gasteiger charge is 2.29. The van der Waals surface area contributed by atoms with Crippen molar-refractivity contribution in [3.63, 3.8) is 0 Å². The molecule has 0 bridgehead atoms. The third-order valence-corrected chi connectivity index (χ3v) is 4.15. The number of nitrogens with two attached hydrogens (primary N) is 1. The van der Waals surface area contributed by atoms with Crippen molar-refractivity contribution in [1.82, 2.24) is 16.0 Å². The lowest BCUT2D eigenvalue weighted by molar-refractivity contribution is -0.147. The van der Waals surface area contributed by atoms with Gasteiger partial charge in [0.05, 0.1) is 12.5 Å². The summed E-state index contributed by atoms with van der Waals surface area (Å²) in [6.07, 6.45) is -0.0561. The van der Waals surface area contributed by atoms with E-state index >= 15 is 0 Å². The summed E-state index contributed by atoms with van der Waals surface area (Å²) in [6.45, 7) is 8.88. The minimum Gasteiger partial charge on any atom is -0.481 e. The molecule has 30 heavy (non-hydrogen) atoms. The van der Waals surface area contributed by atoms with Crippen LogP contribution in [0.25, 0.3) is 0 Å². The van der Waals surface area contributed by atoms with E-state index in [0.717, 1.165) is 0 Å². The number of hydrogen-bond acceptors (Lipinski definition) is 6. The minimum atomic E-state index is -1.63. The monoisotopic (exact) mass is 430 g/mol. The van der Waals surface area contributed by atoms with Crippen LogP contribution >= 0.6 is 0 Å². The number of carbonyl (C=O) groups is 5. The summed E-state index contributed by atoms with van der Waals surface area (Å²) in [5.41, 5.74) is 5.86. The molecule has 0 fully saturated rings. The van der Waals surface area contributed by atoms with Crippen molar-refractivity contribution in [1.29, 1.82) is 0 Å². The number of nitrogens with one attached hydrogen (secondary N) is 3. The third-order valence-electron chi connectivity index (χ3n) is 4.15. The Morgan fingerprint density at radius 1 is 0.733 bits per heavy atom. The number of hydrogen-bond donors (Lipinski definition) is 6. The van der Waals surface area contributed by atoms with Crippen molar-refractivity contribution in [2.45, 2.75) is 78.0 Å². The van der Waals surface area contributed by atoms with Crippen molar-refractivity contribution < 1.29 is 34.2 Å². The average Bonchev–Trinajstić information content (AvgIpc) is 2.58. The van der Waals surface area contributed by atoms with Crippen LogP contribution in [0.2, 0.25) is 0 Å². The number of rotatable bonds is 13. The van der Waals surface area contributed by atoms with E-state index < -0.39 is 60.2 Å². The topological polar surface area (TPSA) is 188 Å². The fourth-order valence-electron chi connectivity index (χ4n) is 2.65. The summed E-state index contributed by atoms with van der Waals surface area (Å²) in [5, 5.41) is 24.8. The number of carbonyl (C=O) groups excluding carboxylic acids is 3. The first-order chi connectivity index (χ1) is 13.7. The van der Waals surface area contributed by atoms with E-state index in [1.54, 1.807) is 0 Å². The maximum absolute atomic E-state index is 12.6. The molecule has 0 aliphatic carbocycles. The highest BCUT2D eigenvalue weighted by molar-refractivity contribution is 5.94. The lowest BCUT2D eigenvalue weighted by atomic mass is 10.0. The van der Waals surface area contributed by atoms with Crippen LogP contribution in [0.3, 0.4) is 0 Å². The number of carboxylic acids is 2. The van der Waals surface area contributed by atoms with Crippen LogP contribution in [-0.4, -0.2) is 64.0 Å². The number of carboxylic acid groups (broad SMARTS) is 2. The molecule has 0 rings (SSSR count). The van der Waals surface area contributed by atoms with Gasteiger partial charge in [0.15, 0.2) is 0 Å². The molecule has 0 aromatic carbocycles. The zero-order valence-electron chi connectivity index (χ0n) is 18.1. The van der Waals surface area contributed by atoms with Crippen LogP contribution in [0.5, 0.6) is 0 Å². The van der Waals surface area contributed by atoms with Gasteiger partial charge in [-0.1, -0.05) is 27.7 Å². The largest absolute Gasteiger partial charge is 0.481 e. The normalized spacial score (nSPS) is 15.1. The molecular weight excluding hydrogens is 396 g/mol. The van der Waals surface area contributed by atoms with E-state index in [9.17, 15) is 24.0 Å². The Balaban J connectivity index is 5.07. The van der Waals surface area contributed by atoms with Gasteiger partial charge < -0.3 is 31.9 Å². The molecule has 0 aromatic rings. The quantitative estimate of drug-likeness (QED) is 0.224. The molecule has 7 N–H and O–H groups in total. The molecule has 0 saturated carbocycles. The van der Waals surface area contributed by atoms with Gasteiger partial charge in [-0.05, 0) is 31.6 Å². The molecular formula is C19H34N4O7. The molecule has 0 saturated heterocycles. The summed E-state index contributed by atoms with van der Waals surface area (Å²) < 4.78 is 0. The molecule has 4 atom stereocenters. The molecule has 0 radical (unpaired) electrons. The van der Waals surface area contributed by atoms with Gasteiger partial charge in [-0.25, -0.2) is 4.79 Å². The minimum absolute atomic E-state index is 0.0541. The Labute approximate surface area is 176 Å². The maximum atomic E-state index is 12.6. The molecule has 0 aliphatic heterocycles. The molecule has 11 heteroatoms. The van der Waals surface area contributed by atoms with Gasteiger partial charge in [-0.15, -0.1) is 0 Å². The highest BCUT2D eigenvalue weighted by atomic mass is 16.4. The second kappa shape index (κ2) is 12.8. The van der Waals surface area contributed by atoms with Gasteiger partial charge in [-0.3, -0.25) is 19.2 Å². The zero-order valence-corrected chi connectivity index (χ0v) is 18.1. The molecule has 3 amide bonds. The van der Waals surface area contributed by atoms with Crippen molar-refractivity contribution >= 4 is 29.7 Å². The smallest absolute Gasteiger partial charge is 0.326 e. The van der Waals surface area contributed by atoms with Gasteiger partial charge in [0.2, 0.25) is 17.7 Å². The van der Waals surface area contributed by atoms with E-state index in [0.29, 0.717) is 12.8 Å². The van der Waals surface area contributed by atoms with Gasteiger partial charge >= 0.3 is 11.9 Å². The molecule has 0 spiro atoms. The summed E-state index contributed by atoms with van der Waals surface area (Å²) in [6, 6.07) is -4.49. The Morgan fingerprint density at radius 2 is 1.23 bits per heavy atom. The summed E-state index contributed by atoms with van der Waals surface area (Å²) >= 11 is 0. The molecule has 0 heterocycles. The maximum Gasteiger partial charge on any atom is 0.326 e. The van der Waals surface area contributed by atoms with Crippen LogP contribution in [0.1, 0.15) is 53.9 Å². The van der Waals surface area contributed by atoms with E-state index in [1.165, 1.54) is 6.92 Å². The average molecular weight is 431 g/mol. The standard InChI is InChI=1S/C19H34N4O7/c1-9(2)6-12(20)17(27)22-13(7-10(3)4)18(28)21-11(5)16(26)23-14(19(29)30)8-15(24)25/h9-14H,6-8,20H2,1-5H3,(H,21,28)(H,22,27)(H,23,26)(H,24,25)(H,29,30). The molecule has 172 valence electrons. The lowest BCUT2D eigenvalue weighted by Crippen LogP contribution is -2.56. The number of amides is 3. The predicted octanol–water partition coefficient (Wildman–Crippen LogP) is -0.560. The van der Waals surface area contributed by atoms with Gasteiger partial charge in [0.1, 0.15) is 18.1 Å². The third kappa shape index (κ3) is 10.7. The second-order valence-corrected chi connectivity index (χ2v) is 8.15. The number of aliphatic carboxylic acids is 2. The molecule has 11 nitrogen and oxygen atoms in total. The first kappa shape index (κ1) is 27.3. The van der Waals surface area contributed by atoms with E-state index in [-0.39, 0.29) is 11.8 Å². The summed E-state index contributed by atoms with van der Waals surface area (Å²) in [7, 11) is 0. The lowest BCUT2D eigenvalue weighted by Gasteiger charge is -2.24. The van der Waals surface area contributed by atoms with Gasteiger partial charge in [0.25, 0.3) is 0 Å². The predicted molar refractivity (Wildman–Crippen MR) is 108 cm³/mol. The van der Waals surface area contributed by atoms with Crippen LogP contribution in [0.4, 0.5) is 0 Å². The Bertz CT molecular complexity index is 636. The van der Waals surface area contributed by atoms with E-state index in [4.69, 9.17) is 15.9 Å². The first-order valence-corrected chi connectivity index (χ1v) is 9.85. The van der Waals surface area contributed by atoms with Crippen molar-refractivity contribution in [2.75, 3.05) is 0 Å². The summed E-state index contributed by atoms with van der Waals surface area (Å²) in [4.78, 5) is 58.9. The van der Waals surface area contributed by atoms with Crippen LogP contribution < -0.4 is 21.7 Å². The zero-order chi connectivity index (χ0) is 23.6. The fourth-order valence-corrected chi connectivity index (χ4v) is 2.65.